The number of hydrogen-bond acceptors (Lipinski definition) is 5. The van der Waals surface area contributed by atoms with Crippen molar-refractivity contribution in [3.63, 3.8) is 0 Å². The minimum absolute atomic E-state index is 0.0669. The van der Waals surface area contributed by atoms with Crippen LogP contribution in [0.15, 0.2) is 6.07 Å². The molecule has 0 aromatic heterocycles. The Labute approximate surface area is 196 Å². The van der Waals surface area contributed by atoms with Crippen LogP contribution in [0.2, 0.25) is 10.0 Å². The van der Waals surface area contributed by atoms with Gasteiger partial charge in [-0.15, -0.1) is 4.72 Å². The molecule has 1 amide bonds. The molecule has 2 rings (SSSR count). The van der Waals surface area contributed by atoms with Gasteiger partial charge in [0.15, 0.2) is 5.82 Å². The number of likely N-dealkylation sites (tertiary alicyclic amines) is 1. The number of phenolic OH excluding ortho intramolecular Hbond substituents is 1. The fraction of sp³-hybridized carbons (Fsp3) is 0.667. The molecule has 1 fully saturated rings. The van der Waals surface area contributed by atoms with Crippen LogP contribution in [0.1, 0.15) is 66.0 Å². The van der Waals surface area contributed by atoms with Crippen LogP contribution in [0.25, 0.3) is 0 Å². The summed E-state index contributed by atoms with van der Waals surface area (Å²) in [6.45, 7) is 11.6. The van der Waals surface area contributed by atoms with Gasteiger partial charge in [0.05, 0.1) is 21.7 Å². The number of amides is 1. The van der Waals surface area contributed by atoms with Crippen LogP contribution in [0.4, 0.5) is 9.18 Å². The molecule has 1 aliphatic heterocycles. The quantitative estimate of drug-likeness (QED) is 0.419. The highest BCUT2D eigenvalue weighted by Crippen LogP contribution is 2.42. The Kier molecular flexibility index (Phi) is 8.42. The van der Waals surface area contributed by atoms with Gasteiger partial charge < -0.3 is 19.3 Å². The molecule has 0 aliphatic carbocycles. The fourth-order valence-corrected chi connectivity index (χ4v) is 4.55. The number of carbonyl (C=O) groups excluding carboxylic acids is 1. The minimum Gasteiger partial charge on any atom is -0.598 e. The maximum absolute atomic E-state index is 15.1. The van der Waals surface area contributed by atoms with Gasteiger partial charge in [0.25, 0.3) is 0 Å². The third kappa shape index (κ3) is 6.78. The molecule has 0 bridgehead atoms. The third-order valence-electron chi connectivity index (χ3n) is 4.94. The monoisotopic (exact) mass is 496 g/mol. The maximum atomic E-state index is 15.1. The summed E-state index contributed by atoms with van der Waals surface area (Å²) < 4.78 is 35.7. The van der Waals surface area contributed by atoms with Gasteiger partial charge >= 0.3 is 6.09 Å². The van der Waals surface area contributed by atoms with E-state index in [4.69, 9.17) is 27.9 Å². The molecule has 0 radical (unpaired) electrons. The van der Waals surface area contributed by atoms with Gasteiger partial charge in [-0.05, 0) is 60.3 Å². The number of aromatic hydroxyl groups is 1. The van der Waals surface area contributed by atoms with Crippen LogP contribution >= 0.6 is 23.2 Å². The fourth-order valence-electron chi connectivity index (χ4n) is 3.32. The Balaban J connectivity index is 2.30. The van der Waals surface area contributed by atoms with E-state index in [9.17, 15) is 14.5 Å². The van der Waals surface area contributed by atoms with E-state index >= 15 is 4.39 Å². The molecule has 176 valence electrons. The highest BCUT2D eigenvalue weighted by atomic mass is 35.5. The molecule has 31 heavy (non-hydrogen) atoms. The van der Waals surface area contributed by atoms with Crippen LogP contribution in [0, 0.1) is 11.7 Å². The second kappa shape index (κ2) is 9.91. The molecule has 1 heterocycles. The van der Waals surface area contributed by atoms with E-state index in [1.165, 1.54) is 6.07 Å². The van der Waals surface area contributed by atoms with E-state index in [2.05, 4.69) is 4.72 Å². The standard InChI is InChI=1S/C21H31Cl2FN2O4S/c1-20(2,3)30-19(28)26-9-7-12(8-10-26)18(25-31(29)21(4,5)6)15-14(27)11-13(22)16(23)17(15)24/h11-12,18,25,27H,7-10H2,1-6H3/t18-,31?/m1/s1. The van der Waals surface area contributed by atoms with Crippen molar-refractivity contribution in [2.24, 2.45) is 5.92 Å². The van der Waals surface area contributed by atoms with Crippen LogP contribution in [0.5, 0.6) is 5.75 Å². The lowest BCUT2D eigenvalue weighted by Crippen LogP contribution is -2.47. The average Bonchev–Trinajstić information content (AvgIpc) is 2.63. The van der Waals surface area contributed by atoms with Gasteiger partial charge in [-0.25, -0.2) is 9.18 Å². The first kappa shape index (κ1) is 26.3. The van der Waals surface area contributed by atoms with Crippen LogP contribution in [0.3, 0.4) is 0 Å². The summed E-state index contributed by atoms with van der Waals surface area (Å²) in [4.78, 5) is 14.0. The van der Waals surface area contributed by atoms with Crippen LogP contribution in [-0.4, -0.2) is 44.1 Å². The van der Waals surface area contributed by atoms with Gasteiger partial charge in [-0.1, -0.05) is 23.2 Å². The molecule has 1 unspecified atom stereocenters. The summed E-state index contributed by atoms with van der Waals surface area (Å²) in [6, 6.07) is 0.405. The largest absolute Gasteiger partial charge is 0.598 e. The van der Waals surface area contributed by atoms with E-state index in [0.29, 0.717) is 25.9 Å². The highest BCUT2D eigenvalue weighted by Gasteiger charge is 2.39. The van der Waals surface area contributed by atoms with Crippen molar-refractivity contribution in [2.75, 3.05) is 13.1 Å². The van der Waals surface area contributed by atoms with Gasteiger partial charge in [-0.2, -0.15) is 0 Å². The van der Waals surface area contributed by atoms with E-state index in [1.54, 1.807) is 46.4 Å². The minimum atomic E-state index is -1.54. The van der Waals surface area contributed by atoms with E-state index in [1.807, 2.05) is 0 Å². The molecule has 0 spiro atoms. The smallest absolute Gasteiger partial charge is 0.410 e. The predicted molar refractivity (Wildman–Crippen MR) is 122 cm³/mol. The van der Waals surface area contributed by atoms with Crippen LogP contribution < -0.4 is 4.72 Å². The molecule has 6 nitrogen and oxygen atoms in total. The summed E-state index contributed by atoms with van der Waals surface area (Å²) in [7, 11) is 0. The topological polar surface area (TPSA) is 84.9 Å². The lowest BCUT2D eigenvalue weighted by atomic mass is 9.85. The number of hydrogen-bond donors (Lipinski definition) is 2. The highest BCUT2D eigenvalue weighted by molar-refractivity contribution is 7.90. The predicted octanol–water partition coefficient (Wildman–Crippen LogP) is 5.58. The Hall–Kier alpha value is -0.930. The zero-order chi connectivity index (χ0) is 23.7. The maximum Gasteiger partial charge on any atom is 0.410 e. The number of nitrogens with one attached hydrogen (secondary N) is 1. The van der Waals surface area contributed by atoms with Crippen molar-refractivity contribution >= 4 is 40.7 Å². The molecule has 1 aromatic rings. The summed E-state index contributed by atoms with van der Waals surface area (Å²) in [6.07, 6.45) is 0.590. The lowest BCUT2D eigenvalue weighted by Gasteiger charge is -2.38. The van der Waals surface area contributed by atoms with Crippen LogP contribution in [-0.2, 0) is 16.1 Å². The van der Waals surface area contributed by atoms with Gasteiger partial charge in [-0.3, -0.25) is 0 Å². The van der Waals surface area contributed by atoms with Crippen molar-refractivity contribution < 1.29 is 23.6 Å². The second-order valence-electron chi connectivity index (χ2n) is 9.70. The first-order chi connectivity index (χ1) is 14.1. The molecular formula is C21H31Cl2FN2O4S. The zero-order valence-corrected chi connectivity index (χ0v) is 21.1. The Morgan fingerprint density at radius 3 is 2.32 bits per heavy atom. The normalized spacial score (nSPS) is 18.1. The number of nitrogens with zero attached hydrogens (tertiary/aromatic N) is 1. The van der Waals surface area contributed by atoms with Crippen molar-refractivity contribution in [2.45, 2.75) is 70.8 Å². The molecule has 1 aliphatic rings. The number of piperidine rings is 1. The lowest BCUT2D eigenvalue weighted by molar-refractivity contribution is 0.0171. The first-order valence-electron chi connectivity index (χ1n) is 10.1. The summed E-state index contributed by atoms with van der Waals surface area (Å²) in [5.41, 5.74) is -0.668. The van der Waals surface area contributed by atoms with Gasteiger partial charge in [0.2, 0.25) is 0 Å². The molecular weight excluding hydrogens is 466 g/mol. The average molecular weight is 497 g/mol. The number of benzene rings is 1. The van der Waals surface area contributed by atoms with E-state index in [-0.39, 0.29) is 27.3 Å². The summed E-state index contributed by atoms with van der Waals surface area (Å²) >= 11 is 10.4. The molecule has 1 aromatic carbocycles. The molecule has 10 heteroatoms. The van der Waals surface area contributed by atoms with Gasteiger partial charge in [0.1, 0.15) is 16.1 Å². The van der Waals surface area contributed by atoms with E-state index < -0.39 is 39.7 Å². The Morgan fingerprint density at radius 1 is 1.29 bits per heavy atom. The summed E-state index contributed by atoms with van der Waals surface area (Å²) in [5.74, 6) is -1.41. The van der Waals surface area contributed by atoms with Crippen molar-refractivity contribution in [1.29, 1.82) is 0 Å². The number of carbonyl (C=O) groups is 1. The second-order valence-corrected chi connectivity index (χ2v) is 12.5. The van der Waals surface area contributed by atoms with Crippen molar-refractivity contribution in [3.05, 3.63) is 27.5 Å². The number of ether oxygens (including phenoxy) is 1. The molecule has 1 saturated heterocycles. The SMILES string of the molecule is CC(C)(C)OC(=O)N1CCC([C@@H](N[S+]([O-])C(C)(C)C)c2c(O)cc(Cl)c(Cl)c2F)CC1. The number of rotatable bonds is 4. The Bertz CT molecular complexity index is 806. The van der Waals surface area contributed by atoms with Crippen molar-refractivity contribution in [1.82, 2.24) is 9.62 Å². The van der Waals surface area contributed by atoms with Gasteiger partial charge in [0, 0.05) is 30.5 Å². The summed E-state index contributed by atoms with van der Waals surface area (Å²) in [5, 5.41) is 10.1. The zero-order valence-electron chi connectivity index (χ0n) is 18.7. The third-order valence-corrected chi connectivity index (χ3v) is 7.29. The molecule has 2 atom stereocenters. The first-order valence-corrected chi connectivity index (χ1v) is 12.0. The molecule has 2 N–H and O–H groups in total. The number of phenols is 1. The molecule has 0 saturated carbocycles. The number of halogens is 3. The Morgan fingerprint density at radius 2 is 1.84 bits per heavy atom. The van der Waals surface area contributed by atoms with E-state index in [0.717, 1.165) is 0 Å². The van der Waals surface area contributed by atoms with Crippen molar-refractivity contribution in [3.8, 4) is 5.75 Å².